The summed E-state index contributed by atoms with van der Waals surface area (Å²) >= 11 is 0. The summed E-state index contributed by atoms with van der Waals surface area (Å²) in [5, 5.41) is 5.72. The van der Waals surface area contributed by atoms with Crippen LogP contribution in [0.1, 0.15) is 62.9 Å². The first-order valence-electron chi connectivity index (χ1n) is 12.4. The highest BCUT2D eigenvalue weighted by atomic mass is 16.5. The van der Waals surface area contributed by atoms with Gasteiger partial charge in [-0.2, -0.15) is 4.98 Å². The average Bonchev–Trinajstić information content (AvgIpc) is 3.29. The molecule has 8 heteroatoms. The average molecular weight is 489 g/mol. The molecule has 0 saturated carbocycles. The number of aryl methyl sites for hydroxylation is 2. The van der Waals surface area contributed by atoms with Crippen molar-refractivity contribution in [1.82, 2.24) is 20.0 Å². The number of aliphatic imine (C=N–C) groups is 1. The first-order chi connectivity index (χ1) is 17.2. The van der Waals surface area contributed by atoms with E-state index in [0.717, 1.165) is 76.5 Å². The number of nitrogens with zero attached hydrogens (tertiary/aromatic N) is 5. The van der Waals surface area contributed by atoms with Crippen molar-refractivity contribution in [1.29, 1.82) is 0 Å². The van der Waals surface area contributed by atoms with E-state index in [4.69, 9.17) is 20.1 Å². The Morgan fingerprint density at radius 1 is 1.25 bits per heavy atom. The molecular formula is C28H36N6O2. The van der Waals surface area contributed by atoms with Crippen molar-refractivity contribution in [3.05, 3.63) is 76.5 Å². The van der Waals surface area contributed by atoms with Crippen LogP contribution in [0.5, 0.6) is 5.75 Å². The zero-order valence-corrected chi connectivity index (χ0v) is 22.2. The van der Waals surface area contributed by atoms with Gasteiger partial charge in [0.15, 0.2) is 11.6 Å². The first-order valence-corrected chi connectivity index (χ1v) is 12.4. The molecule has 0 bridgehead atoms. The minimum atomic E-state index is 0.562. The van der Waals surface area contributed by atoms with Crippen LogP contribution in [0.25, 0.3) is 11.1 Å². The maximum atomic E-state index is 6.94. The molecule has 36 heavy (non-hydrogen) atoms. The Balaban J connectivity index is 1.82. The molecule has 0 saturated heterocycles. The number of hydrazine groups is 1. The summed E-state index contributed by atoms with van der Waals surface area (Å²) in [7, 11) is 1.67. The van der Waals surface area contributed by atoms with Crippen molar-refractivity contribution in [3.63, 3.8) is 0 Å². The second-order valence-electron chi connectivity index (χ2n) is 9.37. The van der Waals surface area contributed by atoms with Crippen LogP contribution in [0.4, 0.5) is 0 Å². The zero-order valence-electron chi connectivity index (χ0n) is 22.2. The highest BCUT2D eigenvalue weighted by molar-refractivity contribution is 6.01. The molecule has 4 rings (SSSR count). The van der Waals surface area contributed by atoms with E-state index in [1.54, 1.807) is 12.1 Å². The molecule has 0 atom stereocenters. The van der Waals surface area contributed by atoms with Gasteiger partial charge in [-0.3, -0.25) is 0 Å². The molecule has 0 spiro atoms. The van der Waals surface area contributed by atoms with Gasteiger partial charge >= 0.3 is 0 Å². The van der Waals surface area contributed by atoms with Crippen molar-refractivity contribution in [2.75, 3.05) is 20.2 Å². The van der Waals surface area contributed by atoms with Crippen LogP contribution in [0.2, 0.25) is 0 Å². The number of hydrogen-bond acceptors (Lipinski definition) is 8. The predicted molar refractivity (Wildman–Crippen MR) is 144 cm³/mol. The maximum Gasteiger partial charge on any atom is 0.255 e. The van der Waals surface area contributed by atoms with Crippen LogP contribution < -0.4 is 10.6 Å². The van der Waals surface area contributed by atoms with E-state index in [1.807, 2.05) is 26.0 Å². The number of ether oxygens (including phenoxy) is 1. The summed E-state index contributed by atoms with van der Waals surface area (Å²) in [6.07, 6.45) is 4.90. The summed E-state index contributed by atoms with van der Waals surface area (Å²) in [5.41, 5.74) is 7.05. The molecule has 0 fully saturated rings. The Labute approximate surface area is 213 Å². The van der Waals surface area contributed by atoms with Gasteiger partial charge in [0.05, 0.1) is 7.11 Å². The lowest BCUT2D eigenvalue weighted by molar-refractivity contribution is 0.250. The number of hydrogen-bond donors (Lipinski definition) is 1. The Kier molecular flexibility index (Phi) is 7.45. The number of benzene rings is 1. The third-order valence-electron chi connectivity index (χ3n) is 6.54. The van der Waals surface area contributed by atoms with Gasteiger partial charge in [-0.05, 0) is 69.4 Å². The summed E-state index contributed by atoms with van der Waals surface area (Å²) in [6, 6.07) is 6.03. The summed E-state index contributed by atoms with van der Waals surface area (Å²) in [4.78, 5) is 11.8. The number of nitrogens with two attached hydrogens (primary N) is 1. The van der Waals surface area contributed by atoms with Gasteiger partial charge in [0.1, 0.15) is 11.6 Å². The fourth-order valence-electron chi connectivity index (χ4n) is 4.84. The lowest BCUT2D eigenvalue weighted by atomic mass is 9.94. The molecule has 0 aliphatic carbocycles. The molecule has 3 heterocycles. The molecule has 0 unspecified atom stereocenters. The largest absolute Gasteiger partial charge is 0.497 e. The van der Waals surface area contributed by atoms with Gasteiger partial charge in [-0.25, -0.2) is 15.8 Å². The zero-order chi connectivity index (χ0) is 26.0. The van der Waals surface area contributed by atoms with Crippen molar-refractivity contribution in [2.24, 2.45) is 10.8 Å². The third-order valence-corrected chi connectivity index (χ3v) is 6.54. The summed E-state index contributed by atoms with van der Waals surface area (Å²) in [5.74, 6) is 10.6. The minimum Gasteiger partial charge on any atom is -0.497 e. The van der Waals surface area contributed by atoms with E-state index >= 15 is 0 Å². The molecule has 2 N–H and O–H groups in total. The van der Waals surface area contributed by atoms with E-state index in [0.29, 0.717) is 24.1 Å². The lowest BCUT2D eigenvalue weighted by Crippen LogP contribution is -2.45. The Morgan fingerprint density at radius 2 is 2.03 bits per heavy atom. The summed E-state index contributed by atoms with van der Waals surface area (Å²) < 4.78 is 10.9. The fourth-order valence-corrected chi connectivity index (χ4v) is 4.84. The standard InChI is InChI=1S/C28H36N6O2/c1-8-10-24-19(5)30-26(25(17(2)3)23-13-12-22(35-7)15-18(23)4)34(29)28(24)33-14-9-11-21(16-33)27-31-20(6)32-36-27/h11-13,15H,2,8-10,14,16,29H2,1,3-7H3/b26-25+. The van der Waals surface area contributed by atoms with Crippen LogP contribution in [-0.2, 0) is 0 Å². The fraction of sp³-hybridized carbons (Fsp3) is 0.393. The van der Waals surface area contributed by atoms with Gasteiger partial charge in [-0.1, -0.05) is 37.2 Å². The van der Waals surface area contributed by atoms with E-state index in [2.05, 4.69) is 54.5 Å². The van der Waals surface area contributed by atoms with Gasteiger partial charge < -0.3 is 14.2 Å². The maximum absolute atomic E-state index is 6.94. The lowest BCUT2D eigenvalue weighted by Gasteiger charge is -2.40. The second-order valence-corrected chi connectivity index (χ2v) is 9.37. The number of methoxy groups -OCH3 is 1. The Hall–Kier alpha value is -3.65. The topological polar surface area (TPSA) is 93.0 Å². The molecular weight excluding hydrogens is 452 g/mol. The van der Waals surface area contributed by atoms with Gasteiger partial charge in [0, 0.05) is 35.5 Å². The van der Waals surface area contributed by atoms with E-state index in [1.165, 1.54) is 0 Å². The predicted octanol–water partition coefficient (Wildman–Crippen LogP) is 5.39. The van der Waals surface area contributed by atoms with Crippen LogP contribution in [0.15, 0.2) is 63.2 Å². The molecule has 0 amide bonds. The normalized spacial score (nSPS) is 17.8. The van der Waals surface area contributed by atoms with Gasteiger partial charge in [0.2, 0.25) is 0 Å². The summed E-state index contributed by atoms with van der Waals surface area (Å²) in [6.45, 7) is 15.9. The van der Waals surface area contributed by atoms with Crippen molar-refractivity contribution >= 4 is 16.9 Å². The van der Waals surface area contributed by atoms with E-state index in [9.17, 15) is 0 Å². The molecule has 0 radical (unpaired) electrons. The molecule has 190 valence electrons. The molecule has 2 aliphatic heterocycles. The molecule has 2 aliphatic rings. The quantitative estimate of drug-likeness (QED) is 0.522. The monoisotopic (exact) mass is 488 g/mol. The van der Waals surface area contributed by atoms with Crippen LogP contribution in [-0.4, -0.2) is 46.0 Å². The number of rotatable bonds is 7. The third kappa shape index (κ3) is 4.86. The van der Waals surface area contributed by atoms with Crippen molar-refractivity contribution in [3.8, 4) is 5.75 Å². The van der Waals surface area contributed by atoms with Crippen molar-refractivity contribution in [2.45, 2.75) is 53.9 Å². The van der Waals surface area contributed by atoms with Crippen molar-refractivity contribution < 1.29 is 9.26 Å². The molecule has 1 aromatic heterocycles. The van der Waals surface area contributed by atoms with E-state index < -0.39 is 0 Å². The van der Waals surface area contributed by atoms with Crippen LogP contribution in [0.3, 0.4) is 0 Å². The second kappa shape index (κ2) is 10.5. The molecule has 1 aromatic carbocycles. The van der Waals surface area contributed by atoms with E-state index in [-0.39, 0.29) is 0 Å². The Bertz CT molecular complexity index is 1300. The SMILES string of the molecule is C=C(C)/C(=C1/N=C(C)C(CCC)=C(N2CCC=C(c3nc(C)no3)C2)N1N)c1ccc(OC)cc1C. The van der Waals surface area contributed by atoms with Crippen LogP contribution >= 0.6 is 0 Å². The van der Waals surface area contributed by atoms with Gasteiger partial charge in [0.25, 0.3) is 5.89 Å². The van der Waals surface area contributed by atoms with Crippen LogP contribution in [0, 0.1) is 13.8 Å². The number of allylic oxidation sites excluding steroid dienone is 3. The molecule has 2 aromatic rings. The molecule has 8 nitrogen and oxygen atoms in total. The first kappa shape index (κ1) is 25.4. The highest BCUT2D eigenvalue weighted by Gasteiger charge is 2.32. The Morgan fingerprint density at radius 3 is 2.64 bits per heavy atom. The highest BCUT2D eigenvalue weighted by Crippen LogP contribution is 2.37. The van der Waals surface area contributed by atoms with Gasteiger partial charge in [-0.15, -0.1) is 0 Å². The smallest absolute Gasteiger partial charge is 0.255 e. The number of aromatic nitrogens is 2. The minimum absolute atomic E-state index is 0.562.